The Bertz CT molecular complexity index is 513. The van der Waals surface area contributed by atoms with E-state index in [0.717, 1.165) is 12.2 Å². The number of methoxy groups -OCH3 is 1. The molecule has 0 unspecified atom stereocenters. The maximum Gasteiger partial charge on any atom is 0.119 e. The van der Waals surface area contributed by atoms with Gasteiger partial charge in [0.25, 0.3) is 0 Å². The first-order valence-electron chi connectivity index (χ1n) is 8.20. The van der Waals surface area contributed by atoms with Gasteiger partial charge >= 0.3 is 0 Å². The Morgan fingerprint density at radius 3 is 1.82 bits per heavy atom. The maximum absolute atomic E-state index is 5.06. The van der Waals surface area contributed by atoms with Gasteiger partial charge in [0, 0.05) is 0 Å². The summed E-state index contributed by atoms with van der Waals surface area (Å²) in [6.45, 7) is 11.1. The van der Waals surface area contributed by atoms with Crippen LogP contribution in [0.1, 0.15) is 63.1 Å². The summed E-state index contributed by atoms with van der Waals surface area (Å²) in [4.78, 5) is 0. The average molecular weight is 298 g/mol. The molecule has 0 saturated heterocycles. The predicted octanol–water partition coefficient (Wildman–Crippen LogP) is 6.19. The molecule has 2 aromatic rings. The summed E-state index contributed by atoms with van der Waals surface area (Å²) in [6, 6.07) is 17.0. The fourth-order valence-corrected chi connectivity index (χ4v) is 2.17. The topological polar surface area (TPSA) is 9.23 Å². The van der Waals surface area contributed by atoms with E-state index in [-0.39, 0.29) is 0 Å². The maximum atomic E-state index is 5.06. The van der Waals surface area contributed by atoms with E-state index in [0.29, 0.717) is 11.8 Å². The van der Waals surface area contributed by atoms with E-state index < -0.39 is 0 Å². The average Bonchev–Trinajstić information content (AvgIpc) is 2.55. The molecule has 0 spiro atoms. The van der Waals surface area contributed by atoms with E-state index in [4.69, 9.17) is 4.74 Å². The lowest BCUT2D eigenvalue weighted by Crippen LogP contribution is -1.91. The Morgan fingerprint density at radius 1 is 0.818 bits per heavy atom. The molecule has 120 valence electrons. The van der Waals surface area contributed by atoms with Crippen molar-refractivity contribution in [2.75, 3.05) is 7.11 Å². The Balaban J connectivity index is 0.000000224. The Morgan fingerprint density at radius 2 is 1.36 bits per heavy atom. The zero-order valence-electron chi connectivity index (χ0n) is 14.9. The van der Waals surface area contributed by atoms with Gasteiger partial charge in [-0.15, -0.1) is 0 Å². The van der Waals surface area contributed by atoms with Crippen molar-refractivity contribution in [2.24, 2.45) is 0 Å². The lowest BCUT2D eigenvalue weighted by atomic mass is 9.96. The van der Waals surface area contributed by atoms with Gasteiger partial charge in [0.15, 0.2) is 0 Å². The van der Waals surface area contributed by atoms with Crippen molar-refractivity contribution in [3.8, 4) is 5.75 Å². The molecule has 0 aliphatic rings. The third-order valence-corrected chi connectivity index (χ3v) is 3.79. The van der Waals surface area contributed by atoms with E-state index in [1.165, 1.54) is 16.7 Å². The van der Waals surface area contributed by atoms with Crippen molar-refractivity contribution >= 4 is 0 Å². The fourth-order valence-electron chi connectivity index (χ4n) is 2.17. The number of hydrogen-bond acceptors (Lipinski definition) is 1. The summed E-state index contributed by atoms with van der Waals surface area (Å²) >= 11 is 0. The molecule has 0 aliphatic carbocycles. The molecule has 22 heavy (non-hydrogen) atoms. The van der Waals surface area contributed by atoms with E-state index in [9.17, 15) is 0 Å². The minimum absolute atomic E-state index is 0.642. The smallest absolute Gasteiger partial charge is 0.119 e. The highest BCUT2D eigenvalue weighted by atomic mass is 16.5. The van der Waals surface area contributed by atoms with Gasteiger partial charge in [-0.3, -0.25) is 0 Å². The largest absolute Gasteiger partial charge is 0.497 e. The Kier molecular flexibility index (Phi) is 7.73. The van der Waals surface area contributed by atoms with Crippen LogP contribution in [0.3, 0.4) is 0 Å². The molecule has 0 bridgehead atoms. The highest BCUT2D eigenvalue weighted by molar-refractivity contribution is 5.28. The minimum atomic E-state index is 0.642. The van der Waals surface area contributed by atoms with Gasteiger partial charge in [-0.25, -0.2) is 0 Å². The predicted molar refractivity (Wildman–Crippen MR) is 97.0 cm³/mol. The molecule has 0 atom stereocenters. The van der Waals surface area contributed by atoms with Gasteiger partial charge in [-0.2, -0.15) is 0 Å². The van der Waals surface area contributed by atoms with E-state index >= 15 is 0 Å². The van der Waals surface area contributed by atoms with E-state index in [1.807, 2.05) is 12.1 Å². The van der Waals surface area contributed by atoms with Crippen molar-refractivity contribution in [1.82, 2.24) is 0 Å². The van der Waals surface area contributed by atoms with Crippen LogP contribution in [0.5, 0.6) is 5.75 Å². The molecule has 0 aliphatic heterocycles. The summed E-state index contributed by atoms with van der Waals surface area (Å²) in [5.41, 5.74) is 4.21. The van der Waals surface area contributed by atoms with Crippen molar-refractivity contribution in [3.63, 3.8) is 0 Å². The van der Waals surface area contributed by atoms with Gasteiger partial charge < -0.3 is 4.74 Å². The number of hydrogen-bond donors (Lipinski definition) is 0. The van der Waals surface area contributed by atoms with Gasteiger partial charge in [0.05, 0.1) is 7.11 Å². The summed E-state index contributed by atoms with van der Waals surface area (Å²) in [6.07, 6.45) is 1.07. The van der Waals surface area contributed by atoms with Crippen LogP contribution in [0.25, 0.3) is 0 Å². The molecule has 0 heterocycles. The van der Waals surface area contributed by atoms with Crippen LogP contribution < -0.4 is 4.74 Å². The molecule has 1 nitrogen and oxygen atoms in total. The summed E-state index contributed by atoms with van der Waals surface area (Å²) < 4.78 is 5.06. The molecule has 0 N–H and O–H groups in total. The lowest BCUT2D eigenvalue weighted by molar-refractivity contribution is 0.414. The molecule has 0 amide bonds. The standard InChI is InChI=1S/C12H18.C9H12O/c1-9(2)11-6-5-7-12(8-11)10(3)4;1-3-8-5-4-6-9(7-8)10-2/h5-10H,1-4H3;4-7H,3H2,1-2H3. The number of benzene rings is 2. The first kappa shape index (κ1) is 18.3. The van der Waals surface area contributed by atoms with Gasteiger partial charge in [0.2, 0.25) is 0 Å². The van der Waals surface area contributed by atoms with Crippen LogP contribution in [-0.4, -0.2) is 7.11 Å². The van der Waals surface area contributed by atoms with Crippen molar-refractivity contribution < 1.29 is 4.74 Å². The SMILES string of the molecule is CC(C)c1cccc(C(C)C)c1.CCc1cccc(OC)c1. The highest BCUT2D eigenvalue weighted by Gasteiger charge is 2.02. The van der Waals surface area contributed by atoms with Gasteiger partial charge in [0.1, 0.15) is 5.75 Å². The molecular formula is C21H30O. The second-order valence-corrected chi connectivity index (χ2v) is 6.18. The fraction of sp³-hybridized carbons (Fsp3) is 0.429. The van der Waals surface area contributed by atoms with Crippen LogP contribution in [0.4, 0.5) is 0 Å². The molecule has 0 saturated carbocycles. The van der Waals surface area contributed by atoms with Gasteiger partial charge in [-0.05, 0) is 47.1 Å². The van der Waals surface area contributed by atoms with Crippen molar-refractivity contribution in [1.29, 1.82) is 0 Å². The van der Waals surface area contributed by atoms with E-state index in [2.05, 4.69) is 71.0 Å². The Labute approximate surface area is 136 Å². The summed E-state index contributed by atoms with van der Waals surface area (Å²) in [5, 5.41) is 0. The number of rotatable bonds is 4. The van der Waals surface area contributed by atoms with Crippen molar-refractivity contribution in [3.05, 3.63) is 65.2 Å². The first-order chi connectivity index (χ1) is 10.5. The van der Waals surface area contributed by atoms with Crippen LogP contribution in [0, 0.1) is 0 Å². The third-order valence-electron chi connectivity index (χ3n) is 3.79. The van der Waals surface area contributed by atoms with Crippen LogP contribution in [0.15, 0.2) is 48.5 Å². The molecule has 2 rings (SSSR count). The quantitative estimate of drug-likeness (QED) is 0.653. The monoisotopic (exact) mass is 298 g/mol. The van der Waals surface area contributed by atoms with Crippen LogP contribution in [0.2, 0.25) is 0 Å². The lowest BCUT2D eigenvalue weighted by Gasteiger charge is -2.09. The first-order valence-corrected chi connectivity index (χ1v) is 8.20. The summed E-state index contributed by atoms with van der Waals surface area (Å²) in [7, 11) is 1.69. The number of ether oxygens (including phenoxy) is 1. The molecule has 0 radical (unpaired) electrons. The van der Waals surface area contributed by atoms with Crippen LogP contribution in [-0.2, 0) is 6.42 Å². The second-order valence-electron chi connectivity index (χ2n) is 6.18. The Hall–Kier alpha value is -1.76. The van der Waals surface area contributed by atoms with Crippen molar-refractivity contribution in [2.45, 2.75) is 52.9 Å². The summed E-state index contributed by atoms with van der Waals surface area (Å²) in [5.74, 6) is 2.23. The zero-order chi connectivity index (χ0) is 16.5. The molecule has 0 aromatic heterocycles. The molecule has 1 heteroatoms. The molecule has 2 aromatic carbocycles. The van der Waals surface area contributed by atoms with Gasteiger partial charge in [-0.1, -0.05) is 71.0 Å². The highest BCUT2D eigenvalue weighted by Crippen LogP contribution is 2.20. The zero-order valence-corrected chi connectivity index (χ0v) is 14.9. The molecular weight excluding hydrogens is 268 g/mol. The normalized spacial score (nSPS) is 10.4. The number of aryl methyl sites for hydroxylation is 1. The van der Waals surface area contributed by atoms with Crippen LogP contribution >= 0.6 is 0 Å². The second kappa shape index (κ2) is 9.30. The van der Waals surface area contributed by atoms with E-state index in [1.54, 1.807) is 7.11 Å². The molecule has 0 fully saturated rings. The third kappa shape index (κ3) is 5.93. The minimum Gasteiger partial charge on any atom is -0.497 e.